The number of carbonyl (C=O) groups is 1. The van der Waals surface area contributed by atoms with E-state index in [9.17, 15) is 18.0 Å². The number of hydrogen-bond donors (Lipinski definition) is 1. The van der Waals surface area contributed by atoms with Crippen molar-refractivity contribution in [3.05, 3.63) is 35.7 Å². The van der Waals surface area contributed by atoms with Crippen molar-refractivity contribution >= 4 is 5.91 Å². The number of hydrogen-bond acceptors (Lipinski definition) is 5. The lowest BCUT2D eigenvalue weighted by atomic mass is 10.1. The van der Waals surface area contributed by atoms with Crippen molar-refractivity contribution in [2.75, 3.05) is 20.3 Å². The van der Waals surface area contributed by atoms with Crippen LogP contribution in [0.3, 0.4) is 0 Å². The van der Waals surface area contributed by atoms with Crippen LogP contribution < -0.4 is 5.32 Å². The van der Waals surface area contributed by atoms with Gasteiger partial charge in [-0.3, -0.25) is 4.79 Å². The highest BCUT2D eigenvalue weighted by Gasteiger charge is 2.30. The number of alkyl halides is 3. The maximum Gasteiger partial charge on any atom is 0.416 e. The van der Waals surface area contributed by atoms with Crippen molar-refractivity contribution in [3.63, 3.8) is 0 Å². The number of benzene rings is 1. The minimum atomic E-state index is -4.47. The average molecular weight is 315 g/mol. The van der Waals surface area contributed by atoms with Gasteiger partial charge in [0.2, 0.25) is 5.82 Å². The third kappa shape index (κ3) is 3.82. The second kappa shape index (κ2) is 6.56. The fourth-order valence-electron chi connectivity index (χ4n) is 1.61. The van der Waals surface area contributed by atoms with Crippen LogP contribution in [0.4, 0.5) is 13.2 Å². The Labute approximate surface area is 123 Å². The van der Waals surface area contributed by atoms with Crippen LogP contribution in [-0.2, 0) is 10.9 Å². The highest BCUT2D eigenvalue weighted by molar-refractivity contribution is 5.89. The number of amides is 1. The number of methoxy groups -OCH3 is 1. The van der Waals surface area contributed by atoms with Crippen molar-refractivity contribution in [1.29, 1.82) is 0 Å². The molecule has 0 saturated heterocycles. The SMILES string of the molecule is COCCNC(=O)c1nc(-c2cccc(C(F)(F)F)c2)no1. The first-order valence-electron chi connectivity index (χ1n) is 6.20. The van der Waals surface area contributed by atoms with Gasteiger partial charge in [-0.1, -0.05) is 17.3 Å². The monoisotopic (exact) mass is 315 g/mol. The molecule has 6 nitrogen and oxygen atoms in total. The predicted molar refractivity (Wildman–Crippen MR) is 68.9 cm³/mol. The molecule has 1 aromatic carbocycles. The van der Waals surface area contributed by atoms with Crippen LogP contribution in [0, 0.1) is 0 Å². The summed E-state index contributed by atoms with van der Waals surface area (Å²) in [5.74, 6) is -1.05. The zero-order valence-electron chi connectivity index (χ0n) is 11.5. The molecule has 1 N–H and O–H groups in total. The molecule has 0 atom stereocenters. The summed E-state index contributed by atoms with van der Waals surface area (Å²) in [5, 5.41) is 5.97. The van der Waals surface area contributed by atoms with E-state index < -0.39 is 17.6 Å². The Kier molecular flexibility index (Phi) is 4.76. The Morgan fingerprint density at radius 1 is 1.41 bits per heavy atom. The van der Waals surface area contributed by atoms with Gasteiger partial charge in [0, 0.05) is 19.2 Å². The highest BCUT2D eigenvalue weighted by atomic mass is 19.4. The summed E-state index contributed by atoms with van der Waals surface area (Å²) < 4.78 is 47.5. The lowest BCUT2D eigenvalue weighted by Crippen LogP contribution is -2.27. The lowest BCUT2D eigenvalue weighted by molar-refractivity contribution is -0.137. The van der Waals surface area contributed by atoms with Crippen molar-refractivity contribution in [1.82, 2.24) is 15.5 Å². The Bertz CT molecular complexity index is 655. The number of halogens is 3. The molecule has 0 spiro atoms. The first-order valence-corrected chi connectivity index (χ1v) is 6.20. The normalized spacial score (nSPS) is 11.5. The molecular formula is C13H12F3N3O3. The van der Waals surface area contributed by atoms with Gasteiger partial charge < -0.3 is 14.6 Å². The van der Waals surface area contributed by atoms with Crippen LogP contribution in [0.2, 0.25) is 0 Å². The Balaban J connectivity index is 2.16. The summed E-state index contributed by atoms with van der Waals surface area (Å²) in [6.07, 6.45) is -4.47. The van der Waals surface area contributed by atoms with Crippen LogP contribution in [0.25, 0.3) is 11.4 Å². The molecule has 1 heterocycles. The predicted octanol–water partition coefficient (Wildman–Crippen LogP) is 2.13. The molecule has 0 bridgehead atoms. The first kappa shape index (κ1) is 16.0. The second-order valence-corrected chi connectivity index (χ2v) is 4.25. The number of ether oxygens (including phenoxy) is 1. The number of rotatable bonds is 5. The van der Waals surface area contributed by atoms with Gasteiger partial charge >= 0.3 is 18.0 Å². The molecule has 0 radical (unpaired) electrons. The zero-order chi connectivity index (χ0) is 16.2. The molecule has 2 aromatic rings. The molecule has 0 fully saturated rings. The average Bonchev–Trinajstić information content (AvgIpc) is 2.96. The number of nitrogens with zero attached hydrogens (tertiary/aromatic N) is 2. The standard InChI is InChI=1S/C13H12F3N3O3/c1-21-6-5-17-11(20)12-18-10(19-22-12)8-3-2-4-9(7-8)13(14,15)16/h2-4,7H,5-6H2,1H3,(H,17,20). The van der Waals surface area contributed by atoms with Gasteiger partial charge in [0.1, 0.15) is 0 Å². The van der Waals surface area contributed by atoms with Crippen LogP contribution in [0.1, 0.15) is 16.2 Å². The third-order valence-corrected chi connectivity index (χ3v) is 2.66. The van der Waals surface area contributed by atoms with E-state index in [0.717, 1.165) is 12.1 Å². The maximum absolute atomic E-state index is 12.6. The van der Waals surface area contributed by atoms with Gasteiger partial charge in [0.15, 0.2) is 0 Å². The third-order valence-electron chi connectivity index (χ3n) is 2.66. The number of carbonyl (C=O) groups excluding carboxylic acids is 1. The molecule has 0 unspecified atom stereocenters. The van der Waals surface area contributed by atoms with Crippen LogP contribution in [-0.4, -0.2) is 36.3 Å². The molecule has 2 rings (SSSR count). The van der Waals surface area contributed by atoms with E-state index in [2.05, 4.69) is 15.5 Å². The van der Waals surface area contributed by atoms with Crippen molar-refractivity contribution in [2.45, 2.75) is 6.18 Å². The van der Waals surface area contributed by atoms with Crippen LogP contribution in [0.5, 0.6) is 0 Å². The van der Waals surface area contributed by atoms with Gasteiger partial charge in [-0.25, -0.2) is 0 Å². The Morgan fingerprint density at radius 3 is 2.86 bits per heavy atom. The molecule has 0 aliphatic rings. The molecule has 1 amide bonds. The van der Waals surface area contributed by atoms with Crippen LogP contribution in [0.15, 0.2) is 28.8 Å². The zero-order valence-corrected chi connectivity index (χ0v) is 11.5. The largest absolute Gasteiger partial charge is 0.416 e. The fraction of sp³-hybridized carbons (Fsp3) is 0.308. The molecular weight excluding hydrogens is 303 g/mol. The molecule has 0 aliphatic heterocycles. The number of nitrogens with one attached hydrogen (secondary N) is 1. The van der Waals surface area contributed by atoms with E-state index in [4.69, 9.17) is 9.26 Å². The summed E-state index contributed by atoms with van der Waals surface area (Å²) in [4.78, 5) is 15.4. The highest BCUT2D eigenvalue weighted by Crippen LogP contribution is 2.31. The Hall–Kier alpha value is -2.42. The van der Waals surface area contributed by atoms with E-state index in [1.165, 1.54) is 19.2 Å². The summed E-state index contributed by atoms with van der Waals surface area (Å²) in [7, 11) is 1.48. The minimum absolute atomic E-state index is 0.0945. The molecule has 0 aliphatic carbocycles. The lowest BCUT2D eigenvalue weighted by Gasteiger charge is -2.06. The van der Waals surface area contributed by atoms with E-state index in [1.54, 1.807) is 0 Å². The van der Waals surface area contributed by atoms with Crippen molar-refractivity contribution in [2.24, 2.45) is 0 Å². The first-order chi connectivity index (χ1) is 10.4. The summed E-state index contributed by atoms with van der Waals surface area (Å²) in [5.41, 5.74) is -0.726. The van der Waals surface area contributed by atoms with Crippen molar-refractivity contribution < 1.29 is 27.2 Å². The minimum Gasteiger partial charge on any atom is -0.383 e. The summed E-state index contributed by atoms with van der Waals surface area (Å²) >= 11 is 0. The summed E-state index contributed by atoms with van der Waals surface area (Å²) in [6.45, 7) is 0.553. The van der Waals surface area contributed by atoms with Gasteiger partial charge in [-0.05, 0) is 12.1 Å². The molecule has 9 heteroatoms. The van der Waals surface area contributed by atoms with E-state index in [1.807, 2.05) is 0 Å². The molecule has 1 aromatic heterocycles. The van der Waals surface area contributed by atoms with Crippen molar-refractivity contribution in [3.8, 4) is 11.4 Å². The topological polar surface area (TPSA) is 77.2 Å². The van der Waals surface area contributed by atoms with Crippen LogP contribution >= 0.6 is 0 Å². The van der Waals surface area contributed by atoms with E-state index >= 15 is 0 Å². The quantitative estimate of drug-likeness (QED) is 0.855. The second-order valence-electron chi connectivity index (χ2n) is 4.25. The fourth-order valence-corrected chi connectivity index (χ4v) is 1.61. The van der Waals surface area contributed by atoms with Gasteiger partial charge in [-0.2, -0.15) is 18.2 Å². The maximum atomic E-state index is 12.6. The Morgan fingerprint density at radius 2 is 2.18 bits per heavy atom. The van der Waals surface area contributed by atoms with Gasteiger partial charge in [0.25, 0.3) is 0 Å². The van der Waals surface area contributed by atoms with Gasteiger partial charge in [-0.15, -0.1) is 0 Å². The van der Waals surface area contributed by atoms with Gasteiger partial charge in [0.05, 0.1) is 12.2 Å². The molecule has 118 valence electrons. The summed E-state index contributed by atoms with van der Waals surface area (Å²) in [6, 6.07) is 4.44. The van der Waals surface area contributed by atoms with E-state index in [-0.39, 0.29) is 23.8 Å². The molecule has 22 heavy (non-hydrogen) atoms. The number of aromatic nitrogens is 2. The smallest absolute Gasteiger partial charge is 0.383 e. The molecule has 0 saturated carbocycles. The van der Waals surface area contributed by atoms with E-state index in [0.29, 0.717) is 6.61 Å².